The monoisotopic (exact) mass is 434 g/mol. The molecule has 0 unspecified atom stereocenters. The van der Waals surface area contributed by atoms with Gasteiger partial charge in [-0.2, -0.15) is 13.2 Å². The molecule has 0 radical (unpaired) electrons. The summed E-state index contributed by atoms with van der Waals surface area (Å²) in [7, 11) is 1.67. The highest BCUT2D eigenvalue weighted by atomic mass is 19.4. The van der Waals surface area contributed by atoms with E-state index in [1.807, 2.05) is 24.3 Å². The number of para-hydroxylation sites is 1. The molecule has 7 heteroatoms. The Morgan fingerprint density at radius 2 is 1.81 bits per heavy atom. The van der Waals surface area contributed by atoms with Gasteiger partial charge in [0.2, 0.25) is 0 Å². The maximum Gasteiger partial charge on any atom is 0.416 e. The van der Waals surface area contributed by atoms with Crippen molar-refractivity contribution in [1.82, 2.24) is 10.6 Å². The first kappa shape index (κ1) is 23.1. The van der Waals surface area contributed by atoms with Crippen molar-refractivity contribution < 1.29 is 22.7 Å². The van der Waals surface area contributed by atoms with E-state index in [-0.39, 0.29) is 5.56 Å². The Labute approximate surface area is 181 Å². The van der Waals surface area contributed by atoms with Gasteiger partial charge >= 0.3 is 6.18 Å². The summed E-state index contributed by atoms with van der Waals surface area (Å²) in [6.45, 7) is 2.78. The molecule has 0 spiro atoms. The summed E-state index contributed by atoms with van der Waals surface area (Å²) in [5, 5.41) is 6.40. The largest absolute Gasteiger partial charge is 0.496 e. The van der Waals surface area contributed by atoms with E-state index in [9.17, 15) is 18.0 Å². The number of hydrogen-bond acceptors (Lipinski definition) is 3. The number of carbonyl (C=O) groups excluding carboxylic acids is 1. The second kappa shape index (κ2) is 10.2. The fourth-order valence-corrected chi connectivity index (χ4v) is 4.09. The average molecular weight is 435 g/mol. The normalized spacial score (nSPS) is 19.1. The highest BCUT2D eigenvalue weighted by molar-refractivity contribution is 5.94. The highest BCUT2D eigenvalue weighted by Gasteiger charge is 2.31. The first-order chi connectivity index (χ1) is 14.8. The molecule has 31 heavy (non-hydrogen) atoms. The zero-order chi connectivity index (χ0) is 22.4. The van der Waals surface area contributed by atoms with Gasteiger partial charge in [-0.25, -0.2) is 0 Å². The Balaban J connectivity index is 1.45. The lowest BCUT2D eigenvalue weighted by molar-refractivity contribution is -0.137. The van der Waals surface area contributed by atoms with Crippen LogP contribution in [0.2, 0.25) is 0 Å². The number of rotatable bonds is 7. The third kappa shape index (κ3) is 6.47. The summed E-state index contributed by atoms with van der Waals surface area (Å²) in [4.78, 5) is 12.4. The lowest BCUT2D eigenvalue weighted by Gasteiger charge is -2.29. The van der Waals surface area contributed by atoms with E-state index in [1.54, 1.807) is 14.0 Å². The van der Waals surface area contributed by atoms with Crippen LogP contribution in [0.1, 0.15) is 52.7 Å². The lowest BCUT2D eigenvalue weighted by Crippen LogP contribution is -2.36. The van der Waals surface area contributed by atoms with Crippen molar-refractivity contribution in [2.24, 2.45) is 5.92 Å². The number of aryl methyl sites for hydroxylation is 1. The number of amides is 1. The molecule has 1 saturated carbocycles. The molecule has 0 bridgehead atoms. The van der Waals surface area contributed by atoms with E-state index in [2.05, 4.69) is 10.6 Å². The number of carbonyl (C=O) groups is 1. The number of halogens is 3. The van der Waals surface area contributed by atoms with Crippen LogP contribution in [0.5, 0.6) is 5.75 Å². The number of nitrogens with one attached hydrogen (secondary N) is 2. The number of ether oxygens (including phenoxy) is 1. The van der Waals surface area contributed by atoms with E-state index in [0.717, 1.165) is 55.7 Å². The summed E-state index contributed by atoms with van der Waals surface area (Å²) in [5.74, 6) is 0.752. The summed E-state index contributed by atoms with van der Waals surface area (Å²) < 4.78 is 44.4. The molecule has 1 aliphatic rings. The van der Waals surface area contributed by atoms with E-state index in [4.69, 9.17) is 4.74 Å². The minimum absolute atomic E-state index is 0.0551. The molecule has 3 rings (SSSR count). The molecule has 0 atom stereocenters. The number of methoxy groups -OCH3 is 1. The summed E-state index contributed by atoms with van der Waals surface area (Å²) >= 11 is 0. The number of hydrogen-bond donors (Lipinski definition) is 2. The summed E-state index contributed by atoms with van der Waals surface area (Å²) in [6.07, 6.45) is -0.538. The topological polar surface area (TPSA) is 50.4 Å². The molecular weight excluding hydrogens is 405 g/mol. The van der Waals surface area contributed by atoms with Crippen LogP contribution in [0, 0.1) is 12.8 Å². The molecule has 2 aromatic rings. The second-order valence-electron chi connectivity index (χ2n) is 8.21. The molecule has 1 amide bonds. The predicted molar refractivity (Wildman–Crippen MR) is 114 cm³/mol. The van der Waals surface area contributed by atoms with Crippen LogP contribution in [-0.4, -0.2) is 25.6 Å². The maximum absolute atomic E-state index is 13.0. The zero-order valence-corrected chi connectivity index (χ0v) is 17.9. The zero-order valence-electron chi connectivity index (χ0n) is 17.9. The SMILES string of the molecule is COc1ccccc1CNC1CCC(CNC(=O)c2cc(C)cc(C(F)(F)F)c2)CC1. The van der Waals surface area contributed by atoms with Gasteiger partial charge in [-0.05, 0) is 68.4 Å². The van der Waals surface area contributed by atoms with Gasteiger partial charge in [-0.3, -0.25) is 4.79 Å². The van der Waals surface area contributed by atoms with Gasteiger partial charge in [-0.15, -0.1) is 0 Å². The van der Waals surface area contributed by atoms with E-state index >= 15 is 0 Å². The predicted octanol–water partition coefficient (Wildman–Crippen LogP) is 5.10. The Bertz CT molecular complexity index is 891. The molecule has 0 saturated heterocycles. The van der Waals surface area contributed by atoms with Crippen molar-refractivity contribution >= 4 is 5.91 Å². The molecule has 4 nitrogen and oxygen atoms in total. The van der Waals surface area contributed by atoms with Crippen molar-refractivity contribution in [2.45, 2.75) is 51.4 Å². The Morgan fingerprint density at radius 3 is 2.48 bits per heavy atom. The average Bonchev–Trinajstić information content (AvgIpc) is 2.76. The van der Waals surface area contributed by atoms with Crippen LogP contribution in [0.3, 0.4) is 0 Å². The van der Waals surface area contributed by atoms with Crippen molar-refractivity contribution in [3.05, 3.63) is 64.7 Å². The quantitative estimate of drug-likeness (QED) is 0.637. The van der Waals surface area contributed by atoms with Crippen LogP contribution in [-0.2, 0) is 12.7 Å². The Morgan fingerprint density at radius 1 is 1.10 bits per heavy atom. The van der Waals surface area contributed by atoms with Gasteiger partial charge in [0.1, 0.15) is 5.75 Å². The third-order valence-electron chi connectivity index (χ3n) is 5.84. The van der Waals surface area contributed by atoms with Crippen molar-refractivity contribution in [3.8, 4) is 5.75 Å². The molecule has 2 aromatic carbocycles. The van der Waals surface area contributed by atoms with Crippen LogP contribution in [0.25, 0.3) is 0 Å². The van der Waals surface area contributed by atoms with Gasteiger partial charge in [-0.1, -0.05) is 18.2 Å². The third-order valence-corrected chi connectivity index (χ3v) is 5.84. The fourth-order valence-electron chi connectivity index (χ4n) is 4.09. The van der Waals surface area contributed by atoms with Crippen LogP contribution in [0.4, 0.5) is 13.2 Å². The second-order valence-corrected chi connectivity index (χ2v) is 8.21. The first-order valence-electron chi connectivity index (χ1n) is 10.6. The Hall–Kier alpha value is -2.54. The van der Waals surface area contributed by atoms with Crippen LogP contribution >= 0.6 is 0 Å². The minimum atomic E-state index is -4.46. The number of benzene rings is 2. The molecule has 0 aromatic heterocycles. The van der Waals surface area contributed by atoms with Crippen molar-refractivity contribution in [2.75, 3.05) is 13.7 Å². The van der Waals surface area contributed by atoms with Gasteiger partial charge in [0, 0.05) is 30.3 Å². The van der Waals surface area contributed by atoms with E-state index in [1.165, 1.54) is 6.07 Å². The van der Waals surface area contributed by atoms with Crippen LogP contribution < -0.4 is 15.4 Å². The van der Waals surface area contributed by atoms with Crippen LogP contribution in [0.15, 0.2) is 42.5 Å². The van der Waals surface area contributed by atoms with Gasteiger partial charge < -0.3 is 15.4 Å². The highest BCUT2D eigenvalue weighted by Crippen LogP contribution is 2.31. The lowest BCUT2D eigenvalue weighted by atomic mass is 9.86. The van der Waals surface area contributed by atoms with Crippen molar-refractivity contribution in [3.63, 3.8) is 0 Å². The summed E-state index contributed by atoms with van der Waals surface area (Å²) in [6, 6.07) is 11.8. The van der Waals surface area contributed by atoms with E-state index < -0.39 is 17.6 Å². The molecule has 2 N–H and O–H groups in total. The molecular formula is C24H29F3N2O2. The first-order valence-corrected chi connectivity index (χ1v) is 10.6. The maximum atomic E-state index is 13.0. The Kier molecular flexibility index (Phi) is 7.59. The van der Waals surface area contributed by atoms with E-state index in [0.29, 0.717) is 24.1 Å². The smallest absolute Gasteiger partial charge is 0.416 e. The molecule has 1 aliphatic carbocycles. The fraction of sp³-hybridized carbons (Fsp3) is 0.458. The molecule has 168 valence electrons. The molecule has 1 fully saturated rings. The van der Waals surface area contributed by atoms with Gasteiger partial charge in [0.15, 0.2) is 0 Å². The van der Waals surface area contributed by atoms with Gasteiger partial charge in [0.05, 0.1) is 12.7 Å². The summed E-state index contributed by atoms with van der Waals surface area (Å²) in [5.41, 5.74) is 0.802. The standard InChI is InChI=1S/C24H29F3N2O2/c1-16-11-19(13-20(12-16)24(25,26)27)23(30)29-14-17-7-9-21(10-8-17)28-15-18-5-3-4-6-22(18)31-2/h3-6,11-13,17,21,28H,7-10,14-15H2,1-2H3,(H,29,30). The number of alkyl halides is 3. The van der Waals surface area contributed by atoms with Gasteiger partial charge in [0.25, 0.3) is 5.91 Å². The molecule has 0 aliphatic heterocycles. The molecule has 0 heterocycles. The van der Waals surface area contributed by atoms with Crippen molar-refractivity contribution in [1.29, 1.82) is 0 Å². The minimum Gasteiger partial charge on any atom is -0.496 e.